The fourth-order valence-corrected chi connectivity index (χ4v) is 0.770. The van der Waals surface area contributed by atoms with Crippen molar-refractivity contribution in [2.75, 3.05) is 11.9 Å². The van der Waals surface area contributed by atoms with Crippen molar-refractivity contribution in [1.82, 2.24) is 9.78 Å². The van der Waals surface area contributed by atoms with E-state index in [-0.39, 0.29) is 5.82 Å². The summed E-state index contributed by atoms with van der Waals surface area (Å²) in [6, 6.07) is 1.43. The largest absolute Gasteiger partial charge is 0.440 e. The highest BCUT2D eigenvalue weighted by atomic mass is 19.4. The van der Waals surface area contributed by atoms with Crippen LogP contribution in [0.2, 0.25) is 0 Å². The summed E-state index contributed by atoms with van der Waals surface area (Å²) in [7, 11) is 1.60. The zero-order valence-corrected chi connectivity index (χ0v) is 7.71. The number of aryl methyl sites for hydroxylation is 1. The number of alkyl halides is 3. The van der Waals surface area contributed by atoms with E-state index in [2.05, 4.69) is 9.84 Å². The summed E-state index contributed by atoms with van der Waals surface area (Å²) < 4.78 is 40.2. The fourth-order valence-electron chi connectivity index (χ4n) is 0.770. The van der Waals surface area contributed by atoms with Gasteiger partial charge in [-0.2, -0.15) is 18.3 Å². The number of anilines is 1. The van der Waals surface area contributed by atoms with Crippen molar-refractivity contribution in [3.05, 3.63) is 12.3 Å². The molecule has 0 saturated heterocycles. The van der Waals surface area contributed by atoms with Crippen LogP contribution in [-0.4, -0.2) is 28.7 Å². The van der Waals surface area contributed by atoms with Crippen LogP contribution in [0.5, 0.6) is 0 Å². The van der Waals surface area contributed by atoms with Crippen molar-refractivity contribution in [3.63, 3.8) is 0 Å². The first-order chi connectivity index (χ1) is 6.87. The molecule has 0 bridgehead atoms. The van der Waals surface area contributed by atoms with Gasteiger partial charge in [0.25, 0.3) is 0 Å². The lowest BCUT2D eigenvalue weighted by atomic mass is 10.6. The van der Waals surface area contributed by atoms with E-state index >= 15 is 0 Å². The summed E-state index contributed by atoms with van der Waals surface area (Å²) >= 11 is 0. The minimum atomic E-state index is -4.53. The van der Waals surface area contributed by atoms with Gasteiger partial charge in [-0.15, -0.1) is 0 Å². The summed E-state index contributed by atoms with van der Waals surface area (Å²) in [6.07, 6.45) is -4.19. The molecule has 0 aliphatic carbocycles. The molecule has 0 aliphatic heterocycles. The van der Waals surface area contributed by atoms with Crippen molar-refractivity contribution in [3.8, 4) is 0 Å². The molecule has 1 amide bonds. The van der Waals surface area contributed by atoms with Crippen molar-refractivity contribution >= 4 is 11.9 Å². The number of nitrogens with one attached hydrogen (secondary N) is 1. The van der Waals surface area contributed by atoms with E-state index in [4.69, 9.17) is 0 Å². The summed E-state index contributed by atoms with van der Waals surface area (Å²) in [6.45, 7) is -1.62. The highest BCUT2D eigenvalue weighted by Gasteiger charge is 2.29. The predicted molar refractivity (Wildman–Crippen MR) is 44.2 cm³/mol. The normalized spacial score (nSPS) is 11.2. The Morgan fingerprint density at radius 3 is 2.80 bits per heavy atom. The maximum atomic E-state index is 11.6. The fraction of sp³-hybridized carbons (Fsp3) is 0.429. The Hall–Kier alpha value is -1.73. The third-order valence-corrected chi connectivity index (χ3v) is 1.31. The molecule has 0 aliphatic rings. The molecule has 0 saturated carbocycles. The van der Waals surface area contributed by atoms with E-state index in [1.165, 1.54) is 16.9 Å². The number of rotatable bonds is 2. The topological polar surface area (TPSA) is 56.2 Å². The van der Waals surface area contributed by atoms with Gasteiger partial charge in [0.15, 0.2) is 12.4 Å². The second-order valence-corrected chi connectivity index (χ2v) is 2.69. The first kappa shape index (κ1) is 11.3. The Kier molecular flexibility index (Phi) is 3.17. The second-order valence-electron chi connectivity index (χ2n) is 2.69. The highest BCUT2D eigenvalue weighted by molar-refractivity contribution is 5.83. The van der Waals surface area contributed by atoms with Gasteiger partial charge in [0.05, 0.1) is 0 Å². The van der Waals surface area contributed by atoms with Crippen molar-refractivity contribution in [2.24, 2.45) is 7.05 Å². The van der Waals surface area contributed by atoms with Crippen molar-refractivity contribution in [2.45, 2.75) is 6.18 Å². The monoisotopic (exact) mass is 223 g/mol. The number of halogens is 3. The highest BCUT2D eigenvalue weighted by Crippen LogP contribution is 2.14. The van der Waals surface area contributed by atoms with Gasteiger partial charge in [-0.05, 0) is 0 Å². The van der Waals surface area contributed by atoms with Crippen LogP contribution in [0, 0.1) is 0 Å². The van der Waals surface area contributed by atoms with Gasteiger partial charge in [-0.1, -0.05) is 0 Å². The van der Waals surface area contributed by atoms with Crippen molar-refractivity contribution < 1.29 is 22.7 Å². The molecule has 0 fully saturated rings. The average molecular weight is 223 g/mol. The molecule has 15 heavy (non-hydrogen) atoms. The number of carbonyl (C=O) groups is 1. The Balaban J connectivity index is 2.37. The van der Waals surface area contributed by atoms with E-state index in [0.717, 1.165) is 0 Å². The molecule has 0 aromatic carbocycles. The lowest BCUT2D eigenvalue weighted by Crippen LogP contribution is -2.23. The van der Waals surface area contributed by atoms with Crippen LogP contribution in [0.1, 0.15) is 0 Å². The minimum absolute atomic E-state index is 0.129. The lowest BCUT2D eigenvalue weighted by Gasteiger charge is -2.07. The van der Waals surface area contributed by atoms with E-state index in [0.29, 0.717) is 0 Å². The van der Waals surface area contributed by atoms with Gasteiger partial charge in [0.2, 0.25) is 0 Å². The predicted octanol–water partition coefficient (Wildman–Crippen LogP) is 1.53. The molecule has 84 valence electrons. The smallest absolute Gasteiger partial charge is 0.422 e. The molecule has 1 N–H and O–H groups in total. The van der Waals surface area contributed by atoms with Crippen molar-refractivity contribution in [1.29, 1.82) is 0 Å². The van der Waals surface area contributed by atoms with Crippen LogP contribution in [0.3, 0.4) is 0 Å². The van der Waals surface area contributed by atoms with Crippen LogP contribution in [0.25, 0.3) is 0 Å². The summed E-state index contributed by atoms with van der Waals surface area (Å²) in [5, 5.41) is 5.76. The van der Waals surface area contributed by atoms with Gasteiger partial charge >= 0.3 is 12.3 Å². The Labute approximate surface area is 82.8 Å². The molecule has 8 heteroatoms. The first-order valence-corrected chi connectivity index (χ1v) is 3.87. The molecule has 0 spiro atoms. The molecule has 1 rings (SSSR count). The lowest BCUT2D eigenvalue weighted by molar-refractivity contribution is -0.159. The molecule has 1 heterocycles. The maximum absolute atomic E-state index is 11.6. The number of hydrogen-bond donors (Lipinski definition) is 1. The second kappa shape index (κ2) is 4.20. The van der Waals surface area contributed by atoms with Crippen LogP contribution in [0.4, 0.5) is 23.8 Å². The Bertz CT molecular complexity index is 347. The SMILES string of the molecule is Cn1ccc(NC(=O)OCC(F)(F)F)n1. The van der Waals surface area contributed by atoms with E-state index in [1.54, 1.807) is 7.05 Å². The van der Waals surface area contributed by atoms with Gasteiger partial charge in [-0.3, -0.25) is 10.00 Å². The molecular weight excluding hydrogens is 215 g/mol. The van der Waals surface area contributed by atoms with Crippen LogP contribution < -0.4 is 5.32 Å². The molecule has 0 unspecified atom stereocenters. The number of ether oxygens (including phenoxy) is 1. The maximum Gasteiger partial charge on any atom is 0.422 e. The summed E-state index contributed by atoms with van der Waals surface area (Å²) in [4.78, 5) is 10.8. The van der Waals surface area contributed by atoms with E-state index in [9.17, 15) is 18.0 Å². The average Bonchev–Trinajstić information content (AvgIpc) is 2.47. The number of amides is 1. The quantitative estimate of drug-likeness (QED) is 0.827. The van der Waals surface area contributed by atoms with E-state index in [1.807, 2.05) is 5.32 Å². The molecule has 0 radical (unpaired) electrons. The van der Waals surface area contributed by atoms with Crippen LogP contribution >= 0.6 is 0 Å². The van der Waals surface area contributed by atoms with Gasteiger partial charge in [0.1, 0.15) is 0 Å². The first-order valence-electron chi connectivity index (χ1n) is 3.87. The minimum Gasteiger partial charge on any atom is -0.440 e. The van der Waals surface area contributed by atoms with Crippen LogP contribution in [0.15, 0.2) is 12.3 Å². The Morgan fingerprint density at radius 1 is 1.67 bits per heavy atom. The molecule has 1 aromatic heterocycles. The zero-order chi connectivity index (χ0) is 11.5. The standard InChI is InChI=1S/C7H8F3N3O2/c1-13-3-2-5(12-13)11-6(14)15-4-7(8,9)10/h2-3H,4H2,1H3,(H,11,12,14). The number of carbonyl (C=O) groups excluding carboxylic acids is 1. The molecule has 5 nitrogen and oxygen atoms in total. The zero-order valence-electron chi connectivity index (χ0n) is 7.71. The number of aromatic nitrogens is 2. The number of hydrogen-bond acceptors (Lipinski definition) is 3. The van der Waals surface area contributed by atoms with Gasteiger partial charge < -0.3 is 4.74 Å². The van der Waals surface area contributed by atoms with Gasteiger partial charge in [-0.25, -0.2) is 4.79 Å². The van der Waals surface area contributed by atoms with E-state index < -0.39 is 18.9 Å². The summed E-state index contributed by atoms with van der Waals surface area (Å²) in [5.41, 5.74) is 0. The molecular formula is C7H8F3N3O2. The molecule has 1 aromatic rings. The third-order valence-electron chi connectivity index (χ3n) is 1.31. The summed E-state index contributed by atoms with van der Waals surface area (Å²) in [5.74, 6) is 0.129. The van der Waals surface area contributed by atoms with Crippen LogP contribution in [-0.2, 0) is 11.8 Å². The Morgan fingerprint density at radius 2 is 2.33 bits per heavy atom. The number of nitrogens with zero attached hydrogens (tertiary/aromatic N) is 2. The third kappa shape index (κ3) is 4.34. The van der Waals surface area contributed by atoms with Gasteiger partial charge in [0, 0.05) is 19.3 Å². The molecule has 0 atom stereocenters.